The van der Waals surface area contributed by atoms with Crippen LogP contribution in [0.25, 0.3) is 0 Å². The highest BCUT2D eigenvalue weighted by Gasteiger charge is 2.17. The van der Waals surface area contributed by atoms with Gasteiger partial charge in [0, 0.05) is 19.4 Å². The molecule has 0 amide bonds. The van der Waals surface area contributed by atoms with Gasteiger partial charge < -0.3 is 14.2 Å². The van der Waals surface area contributed by atoms with Crippen molar-refractivity contribution in [3.63, 3.8) is 0 Å². The van der Waals surface area contributed by atoms with Gasteiger partial charge >= 0.3 is 11.9 Å². The lowest BCUT2D eigenvalue weighted by Crippen LogP contribution is -2.30. The van der Waals surface area contributed by atoms with Crippen LogP contribution in [0.4, 0.5) is 0 Å². The smallest absolute Gasteiger partial charge is 0.306 e. The molecule has 232 valence electrons. The number of hydrogen-bond donors (Lipinski definition) is 0. The number of carbonyl (C=O) groups excluding carboxylic acids is 2. The first-order valence-electron chi connectivity index (χ1n) is 16.5. The standard InChI is InChI=1S/C35H62O5/c1-4-7-10-13-14-15-16-17-18-19-20-21-24-27-30-38-31-33(40-35(37)29-26-23-12-9-6-3)32-39-34(36)28-25-22-11-8-5-2/h7,10,14-15,17-18,33H,4-6,8-9,11-13,16,19-32H2,1-3H3/b10-7-,15-14-,18-17-. The second kappa shape index (κ2) is 31.6. The van der Waals surface area contributed by atoms with Crippen molar-refractivity contribution in [1.82, 2.24) is 0 Å². The summed E-state index contributed by atoms with van der Waals surface area (Å²) >= 11 is 0. The maximum Gasteiger partial charge on any atom is 0.306 e. The van der Waals surface area contributed by atoms with E-state index in [1.165, 1.54) is 38.5 Å². The molecule has 0 rings (SSSR count). The second-order valence-corrected chi connectivity index (χ2v) is 10.7. The Morgan fingerprint density at radius 2 is 1.12 bits per heavy atom. The van der Waals surface area contributed by atoms with E-state index in [9.17, 15) is 9.59 Å². The molecule has 0 saturated carbocycles. The van der Waals surface area contributed by atoms with E-state index in [1.807, 2.05) is 0 Å². The molecule has 0 heterocycles. The zero-order valence-electron chi connectivity index (χ0n) is 26.3. The van der Waals surface area contributed by atoms with Gasteiger partial charge in [0.25, 0.3) is 0 Å². The molecule has 0 N–H and O–H groups in total. The number of esters is 2. The van der Waals surface area contributed by atoms with Crippen LogP contribution in [0, 0.1) is 0 Å². The highest BCUT2D eigenvalue weighted by Crippen LogP contribution is 2.10. The molecule has 0 spiro atoms. The van der Waals surface area contributed by atoms with Crippen molar-refractivity contribution in [1.29, 1.82) is 0 Å². The Morgan fingerprint density at radius 1 is 0.575 bits per heavy atom. The van der Waals surface area contributed by atoms with Crippen LogP contribution < -0.4 is 0 Å². The minimum Gasteiger partial charge on any atom is -0.462 e. The quantitative estimate of drug-likeness (QED) is 0.0515. The lowest BCUT2D eigenvalue weighted by molar-refractivity contribution is -0.163. The van der Waals surface area contributed by atoms with E-state index < -0.39 is 6.10 Å². The fourth-order valence-electron chi connectivity index (χ4n) is 4.23. The Balaban J connectivity index is 4.13. The highest BCUT2D eigenvalue weighted by atomic mass is 16.6. The van der Waals surface area contributed by atoms with Crippen LogP contribution in [0.5, 0.6) is 0 Å². The predicted octanol–water partition coefficient (Wildman–Crippen LogP) is 9.99. The molecule has 0 aliphatic heterocycles. The van der Waals surface area contributed by atoms with Gasteiger partial charge in [-0.2, -0.15) is 0 Å². The van der Waals surface area contributed by atoms with Crippen molar-refractivity contribution in [2.24, 2.45) is 0 Å². The SMILES string of the molecule is CC/C=C\C/C=C\C/C=C\CCCCCCOCC(COC(=O)CCCCCCC)OC(=O)CCCCCCC. The lowest BCUT2D eigenvalue weighted by Gasteiger charge is -2.18. The summed E-state index contributed by atoms with van der Waals surface area (Å²) in [6, 6.07) is 0. The number of ether oxygens (including phenoxy) is 3. The van der Waals surface area contributed by atoms with Crippen LogP contribution in [0.3, 0.4) is 0 Å². The van der Waals surface area contributed by atoms with Crippen LogP contribution in [0.2, 0.25) is 0 Å². The lowest BCUT2D eigenvalue weighted by atomic mass is 10.1. The van der Waals surface area contributed by atoms with Crippen molar-refractivity contribution < 1.29 is 23.8 Å². The van der Waals surface area contributed by atoms with Gasteiger partial charge in [0.05, 0.1) is 6.61 Å². The van der Waals surface area contributed by atoms with Crippen molar-refractivity contribution >= 4 is 11.9 Å². The third-order valence-corrected chi connectivity index (χ3v) is 6.69. The Bertz CT molecular complexity index is 652. The van der Waals surface area contributed by atoms with Crippen LogP contribution >= 0.6 is 0 Å². The maximum atomic E-state index is 12.3. The monoisotopic (exact) mass is 562 g/mol. The summed E-state index contributed by atoms with van der Waals surface area (Å²) in [6.45, 7) is 7.49. The van der Waals surface area contributed by atoms with Crippen LogP contribution in [-0.4, -0.2) is 37.9 Å². The van der Waals surface area contributed by atoms with Crippen molar-refractivity contribution in [3.05, 3.63) is 36.5 Å². The second-order valence-electron chi connectivity index (χ2n) is 10.7. The first-order chi connectivity index (χ1) is 19.6. The van der Waals surface area contributed by atoms with Gasteiger partial charge in [0.15, 0.2) is 6.10 Å². The molecule has 1 atom stereocenters. The molecule has 5 heteroatoms. The summed E-state index contributed by atoms with van der Waals surface area (Å²) in [7, 11) is 0. The van der Waals surface area contributed by atoms with Gasteiger partial charge in [0.2, 0.25) is 0 Å². The summed E-state index contributed by atoms with van der Waals surface area (Å²) in [5, 5.41) is 0. The van der Waals surface area contributed by atoms with Crippen LogP contribution in [0.1, 0.15) is 149 Å². The van der Waals surface area contributed by atoms with Gasteiger partial charge in [-0.15, -0.1) is 0 Å². The Morgan fingerprint density at radius 3 is 1.77 bits per heavy atom. The first-order valence-corrected chi connectivity index (χ1v) is 16.5. The first kappa shape index (κ1) is 38.1. The normalized spacial score (nSPS) is 12.6. The molecule has 0 aromatic carbocycles. The molecule has 40 heavy (non-hydrogen) atoms. The van der Waals surface area contributed by atoms with Gasteiger partial charge in [-0.1, -0.05) is 121 Å². The molecule has 0 saturated heterocycles. The Hall–Kier alpha value is -1.88. The molecule has 0 aromatic rings. The molecule has 0 bridgehead atoms. The fourth-order valence-corrected chi connectivity index (χ4v) is 4.23. The largest absolute Gasteiger partial charge is 0.462 e. The minimum absolute atomic E-state index is 0.0757. The average molecular weight is 563 g/mol. The Labute approximate surface area is 247 Å². The minimum atomic E-state index is -0.533. The van der Waals surface area contributed by atoms with E-state index in [0.29, 0.717) is 19.4 Å². The maximum absolute atomic E-state index is 12.3. The molecule has 5 nitrogen and oxygen atoms in total. The van der Waals surface area contributed by atoms with Crippen LogP contribution in [-0.2, 0) is 23.8 Å². The average Bonchev–Trinajstić information content (AvgIpc) is 2.95. The van der Waals surface area contributed by atoms with E-state index in [0.717, 1.165) is 77.0 Å². The number of rotatable bonds is 29. The molecule has 1 unspecified atom stereocenters. The van der Waals surface area contributed by atoms with E-state index in [1.54, 1.807) is 0 Å². The van der Waals surface area contributed by atoms with Crippen molar-refractivity contribution in [2.45, 2.75) is 155 Å². The summed E-state index contributed by atoms with van der Waals surface area (Å²) in [5.74, 6) is -0.441. The molecule has 0 aromatic heterocycles. The molecular formula is C35H62O5. The third-order valence-electron chi connectivity index (χ3n) is 6.69. The zero-order valence-corrected chi connectivity index (χ0v) is 26.3. The molecule has 0 aliphatic rings. The zero-order chi connectivity index (χ0) is 29.4. The summed E-state index contributed by atoms with van der Waals surface area (Å²) < 4.78 is 16.9. The van der Waals surface area contributed by atoms with Gasteiger partial charge in [-0.3, -0.25) is 9.59 Å². The van der Waals surface area contributed by atoms with Gasteiger partial charge in [0.1, 0.15) is 6.61 Å². The molecular weight excluding hydrogens is 500 g/mol. The number of hydrogen-bond acceptors (Lipinski definition) is 5. The van der Waals surface area contributed by atoms with E-state index in [2.05, 4.69) is 57.2 Å². The summed E-state index contributed by atoms with van der Waals surface area (Å²) in [5.41, 5.74) is 0. The molecule has 0 fully saturated rings. The van der Waals surface area contributed by atoms with Crippen molar-refractivity contribution in [3.8, 4) is 0 Å². The third kappa shape index (κ3) is 29.1. The van der Waals surface area contributed by atoms with Crippen LogP contribution in [0.15, 0.2) is 36.5 Å². The predicted molar refractivity (Wildman–Crippen MR) is 168 cm³/mol. The topological polar surface area (TPSA) is 61.8 Å². The summed E-state index contributed by atoms with van der Waals surface area (Å²) in [4.78, 5) is 24.5. The molecule has 0 radical (unpaired) electrons. The fraction of sp³-hybridized carbons (Fsp3) is 0.771. The van der Waals surface area contributed by atoms with Gasteiger partial charge in [-0.25, -0.2) is 0 Å². The van der Waals surface area contributed by atoms with E-state index in [-0.39, 0.29) is 25.2 Å². The van der Waals surface area contributed by atoms with E-state index in [4.69, 9.17) is 14.2 Å². The molecule has 0 aliphatic carbocycles. The Kier molecular flexibility index (Phi) is 30.2. The van der Waals surface area contributed by atoms with Crippen molar-refractivity contribution in [2.75, 3.05) is 19.8 Å². The van der Waals surface area contributed by atoms with Gasteiger partial charge in [-0.05, 0) is 51.4 Å². The number of carbonyl (C=O) groups is 2. The number of unbranched alkanes of at least 4 members (excludes halogenated alkanes) is 12. The number of allylic oxidation sites excluding steroid dienone is 6. The summed E-state index contributed by atoms with van der Waals surface area (Å²) in [6.07, 6.45) is 33.2. The highest BCUT2D eigenvalue weighted by molar-refractivity contribution is 5.70. The van der Waals surface area contributed by atoms with E-state index >= 15 is 0 Å².